The van der Waals surface area contributed by atoms with Crippen molar-refractivity contribution in [1.29, 1.82) is 0 Å². The van der Waals surface area contributed by atoms with Crippen molar-refractivity contribution in [2.75, 3.05) is 25.4 Å². The molecule has 0 radical (unpaired) electrons. The van der Waals surface area contributed by atoms with Crippen LogP contribution in [0.5, 0.6) is 0 Å². The Hall–Kier alpha value is 0.820. The first kappa shape index (κ1) is 24.9. The van der Waals surface area contributed by atoms with Crippen molar-refractivity contribution in [2.45, 2.75) is 151 Å². The zero-order valence-electron chi connectivity index (χ0n) is 20.7. The van der Waals surface area contributed by atoms with E-state index in [4.69, 9.17) is 0 Å². The van der Waals surface area contributed by atoms with Crippen LogP contribution in [0.15, 0.2) is 0 Å². The fraction of sp³-hybridized carbons (Fsp3) is 1.00. The van der Waals surface area contributed by atoms with Gasteiger partial charge in [-0.1, -0.05) is 92.9 Å². The highest BCUT2D eigenvalue weighted by atomic mass is 31.1. The number of hydrogen-bond donors (Lipinski definition) is 1. The van der Waals surface area contributed by atoms with Crippen molar-refractivity contribution >= 4 is 15.8 Å². The first-order valence-electron chi connectivity index (χ1n) is 14.6. The van der Waals surface area contributed by atoms with Crippen LogP contribution in [0.1, 0.15) is 128 Å². The molecule has 0 heterocycles. The van der Waals surface area contributed by atoms with E-state index < -0.39 is 0 Å². The molecule has 0 saturated heterocycles. The Balaban J connectivity index is 1.23. The second-order valence-electron chi connectivity index (χ2n) is 11.4. The van der Waals surface area contributed by atoms with Gasteiger partial charge >= 0.3 is 0 Å². The molecule has 0 atom stereocenters. The van der Waals surface area contributed by atoms with E-state index >= 15 is 0 Å². The second kappa shape index (κ2) is 14.3. The summed E-state index contributed by atoms with van der Waals surface area (Å²) in [5.41, 5.74) is 4.54. The standard InChI is InChI=1S/C28H53NP2/c1-5-13-25(14-6-1)30(26-15-7-2-8-16-26)23-21-29-22-24-31(27-17-9-3-10-18-27)28-19-11-4-12-20-28/h25-29H,1-24H2. The first-order chi connectivity index (χ1) is 15.4. The van der Waals surface area contributed by atoms with Gasteiger partial charge in [-0.2, -0.15) is 0 Å². The zero-order valence-corrected chi connectivity index (χ0v) is 22.5. The number of hydrogen-bond acceptors (Lipinski definition) is 1. The summed E-state index contributed by atoms with van der Waals surface area (Å²) in [6.07, 6.45) is 34.1. The van der Waals surface area contributed by atoms with Crippen LogP contribution in [-0.4, -0.2) is 48.0 Å². The summed E-state index contributed by atoms with van der Waals surface area (Å²) >= 11 is 0. The smallest absolute Gasteiger partial charge is 0.000916 e. The van der Waals surface area contributed by atoms with Crippen LogP contribution in [0.4, 0.5) is 0 Å². The first-order valence-corrected chi connectivity index (χ1v) is 18.0. The SMILES string of the molecule is C1CCC(P(CCNCCP(C2CCCCC2)C2CCCCC2)C2CCCCC2)CC1. The molecule has 1 N–H and O–H groups in total. The van der Waals surface area contributed by atoms with Crippen molar-refractivity contribution in [3.8, 4) is 0 Å². The van der Waals surface area contributed by atoms with Crippen LogP contribution >= 0.6 is 15.8 Å². The topological polar surface area (TPSA) is 12.0 Å². The third-order valence-corrected chi connectivity index (χ3v) is 16.6. The lowest BCUT2D eigenvalue weighted by Gasteiger charge is -2.39. The van der Waals surface area contributed by atoms with Gasteiger partial charge in [-0.05, 0) is 99.4 Å². The van der Waals surface area contributed by atoms with E-state index in [1.165, 1.54) is 90.1 Å². The number of rotatable bonds is 10. The lowest BCUT2D eigenvalue weighted by Crippen LogP contribution is -2.29. The summed E-state index contributed by atoms with van der Waals surface area (Å²) < 4.78 is 0. The van der Waals surface area contributed by atoms with Gasteiger partial charge in [0.2, 0.25) is 0 Å². The Bertz CT molecular complexity index is 382. The van der Waals surface area contributed by atoms with E-state index in [-0.39, 0.29) is 15.8 Å². The lowest BCUT2D eigenvalue weighted by atomic mass is 9.99. The van der Waals surface area contributed by atoms with Gasteiger partial charge in [-0.3, -0.25) is 0 Å². The Morgan fingerprint density at radius 3 is 0.903 bits per heavy atom. The Morgan fingerprint density at radius 2 is 0.645 bits per heavy atom. The summed E-state index contributed by atoms with van der Waals surface area (Å²) in [6, 6.07) is 0. The minimum atomic E-state index is 0.290. The molecular weight excluding hydrogens is 412 g/mol. The van der Waals surface area contributed by atoms with Crippen LogP contribution in [-0.2, 0) is 0 Å². The van der Waals surface area contributed by atoms with Gasteiger partial charge < -0.3 is 5.32 Å². The van der Waals surface area contributed by atoms with Crippen LogP contribution in [0.3, 0.4) is 0 Å². The van der Waals surface area contributed by atoms with Crippen LogP contribution in [0.2, 0.25) is 0 Å². The molecule has 0 spiro atoms. The maximum Gasteiger partial charge on any atom is -0.000916 e. The average Bonchev–Trinajstić information content (AvgIpc) is 2.86. The number of nitrogens with one attached hydrogen (secondary N) is 1. The largest absolute Gasteiger partial charge is 0.316 e. The third kappa shape index (κ3) is 7.93. The molecule has 4 aliphatic carbocycles. The van der Waals surface area contributed by atoms with E-state index in [9.17, 15) is 0 Å². The molecule has 4 rings (SSSR count). The van der Waals surface area contributed by atoms with E-state index in [2.05, 4.69) is 5.32 Å². The van der Waals surface area contributed by atoms with E-state index in [0.717, 1.165) is 22.6 Å². The summed E-state index contributed by atoms with van der Waals surface area (Å²) in [6.45, 7) is 2.69. The minimum Gasteiger partial charge on any atom is -0.316 e. The highest BCUT2D eigenvalue weighted by Gasteiger charge is 2.32. The van der Waals surface area contributed by atoms with Crippen LogP contribution in [0, 0.1) is 0 Å². The average molecular weight is 466 g/mol. The normalized spacial score (nSPS) is 26.1. The molecule has 4 saturated carbocycles. The molecule has 4 aliphatic rings. The molecule has 1 nitrogen and oxygen atoms in total. The summed E-state index contributed by atoms with van der Waals surface area (Å²) in [5, 5.41) is 4.04. The van der Waals surface area contributed by atoms with Crippen molar-refractivity contribution in [3.05, 3.63) is 0 Å². The molecule has 4 fully saturated rings. The third-order valence-electron chi connectivity index (χ3n) is 9.27. The maximum atomic E-state index is 4.04. The zero-order chi connectivity index (χ0) is 21.1. The highest BCUT2D eigenvalue weighted by molar-refractivity contribution is 7.59. The lowest BCUT2D eigenvalue weighted by molar-refractivity contribution is 0.482. The van der Waals surface area contributed by atoms with Crippen molar-refractivity contribution in [2.24, 2.45) is 0 Å². The Kier molecular flexibility index (Phi) is 11.5. The van der Waals surface area contributed by atoms with Gasteiger partial charge in [0, 0.05) is 0 Å². The quantitative estimate of drug-likeness (QED) is 0.251. The molecule has 0 aliphatic heterocycles. The molecule has 0 aromatic rings. The van der Waals surface area contributed by atoms with Gasteiger partial charge in [0.25, 0.3) is 0 Å². The summed E-state index contributed by atoms with van der Waals surface area (Å²) in [5.74, 6) is 0. The maximum absolute atomic E-state index is 4.04. The molecule has 0 amide bonds. The van der Waals surface area contributed by atoms with Gasteiger partial charge in [0.15, 0.2) is 0 Å². The minimum absolute atomic E-state index is 0.290. The summed E-state index contributed by atoms with van der Waals surface area (Å²) in [7, 11) is 0.579. The van der Waals surface area contributed by atoms with Gasteiger partial charge in [0.05, 0.1) is 0 Å². The molecule has 0 aromatic heterocycles. The molecule has 0 bridgehead atoms. The van der Waals surface area contributed by atoms with Crippen molar-refractivity contribution in [1.82, 2.24) is 5.32 Å². The fourth-order valence-electron chi connectivity index (χ4n) is 7.52. The van der Waals surface area contributed by atoms with E-state index in [0.29, 0.717) is 0 Å². The summed E-state index contributed by atoms with van der Waals surface area (Å²) in [4.78, 5) is 0. The predicted octanol–water partition coefficient (Wildman–Crippen LogP) is 8.87. The van der Waals surface area contributed by atoms with Crippen LogP contribution < -0.4 is 5.32 Å². The van der Waals surface area contributed by atoms with Gasteiger partial charge in [-0.25, -0.2) is 0 Å². The molecule has 180 valence electrons. The van der Waals surface area contributed by atoms with Gasteiger partial charge in [-0.15, -0.1) is 0 Å². The Morgan fingerprint density at radius 1 is 0.387 bits per heavy atom. The molecule has 31 heavy (non-hydrogen) atoms. The van der Waals surface area contributed by atoms with E-state index in [1.54, 1.807) is 63.7 Å². The Labute approximate surface area is 197 Å². The van der Waals surface area contributed by atoms with Crippen LogP contribution in [0.25, 0.3) is 0 Å². The molecule has 0 unspecified atom stereocenters. The fourth-order valence-corrected chi connectivity index (χ4v) is 15.1. The monoisotopic (exact) mass is 465 g/mol. The van der Waals surface area contributed by atoms with Crippen molar-refractivity contribution < 1.29 is 0 Å². The highest BCUT2D eigenvalue weighted by Crippen LogP contribution is 2.56. The molecule has 3 heteroatoms. The predicted molar refractivity (Wildman–Crippen MR) is 144 cm³/mol. The molecular formula is C28H53NP2. The van der Waals surface area contributed by atoms with Gasteiger partial charge in [0.1, 0.15) is 0 Å². The van der Waals surface area contributed by atoms with E-state index in [1.807, 2.05) is 0 Å². The molecule has 0 aromatic carbocycles. The second-order valence-corrected chi connectivity index (χ2v) is 17.3. The van der Waals surface area contributed by atoms with Crippen molar-refractivity contribution in [3.63, 3.8) is 0 Å².